The lowest BCUT2D eigenvalue weighted by molar-refractivity contribution is 0.0695. The maximum atomic E-state index is 15.3. The Morgan fingerprint density at radius 2 is 2.04 bits per heavy atom. The molecule has 2 N–H and O–H groups in total. The molecule has 1 saturated carbocycles. The number of carboxylic acids is 1. The van der Waals surface area contributed by atoms with Crippen molar-refractivity contribution in [3.8, 4) is 0 Å². The van der Waals surface area contributed by atoms with E-state index >= 15 is 4.39 Å². The number of likely N-dealkylation sites (N-methyl/N-ethyl adjacent to an activating group) is 1. The number of nitrogens with one attached hydrogen (secondary N) is 1. The summed E-state index contributed by atoms with van der Waals surface area (Å²) in [5, 5.41) is 12.2. The van der Waals surface area contributed by atoms with E-state index in [1.807, 2.05) is 6.92 Å². The lowest BCUT2D eigenvalue weighted by atomic mass is 10.0. The Hall–Kier alpha value is -2.48. The molecule has 1 aromatic heterocycles. The lowest BCUT2D eigenvalue weighted by Crippen LogP contribution is -2.58. The number of hydrogen-bond acceptors (Lipinski definition) is 4. The van der Waals surface area contributed by atoms with E-state index in [1.54, 1.807) is 4.90 Å². The summed E-state index contributed by atoms with van der Waals surface area (Å²) in [4.78, 5) is 25.4. The third-order valence-corrected chi connectivity index (χ3v) is 5.05. The fourth-order valence-electron chi connectivity index (χ4n) is 3.59. The van der Waals surface area contributed by atoms with Gasteiger partial charge in [0, 0.05) is 31.4 Å². The molecule has 0 bridgehead atoms. The molecule has 2 aromatic rings. The topological polar surface area (TPSA) is 74.6 Å². The van der Waals surface area contributed by atoms with Gasteiger partial charge in [-0.1, -0.05) is 6.92 Å². The number of rotatable bonds is 5. The van der Waals surface area contributed by atoms with E-state index in [2.05, 4.69) is 5.32 Å². The second kappa shape index (κ2) is 6.05. The van der Waals surface area contributed by atoms with Crippen LogP contribution < -0.4 is 15.6 Å². The Bertz CT molecular complexity index is 963. The Labute approximate surface area is 148 Å². The number of pyridine rings is 1. The summed E-state index contributed by atoms with van der Waals surface area (Å²) in [6, 6.07) is 1.09. The van der Waals surface area contributed by atoms with Gasteiger partial charge in [0.1, 0.15) is 17.1 Å². The van der Waals surface area contributed by atoms with Crippen molar-refractivity contribution in [3.05, 3.63) is 39.7 Å². The Morgan fingerprint density at radius 1 is 1.35 bits per heavy atom. The van der Waals surface area contributed by atoms with Crippen molar-refractivity contribution in [3.63, 3.8) is 0 Å². The van der Waals surface area contributed by atoms with Crippen LogP contribution in [0.15, 0.2) is 17.1 Å². The zero-order chi connectivity index (χ0) is 18.6. The highest BCUT2D eigenvalue weighted by molar-refractivity contribution is 5.94. The number of hydrogen-bond donors (Lipinski definition) is 2. The number of aromatic carboxylic acids is 1. The first-order valence-electron chi connectivity index (χ1n) is 8.70. The predicted octanol–water partition coefficient (Wildman–Crippen LogP) is 2.11. The van der Waals surface area contributed by atoms with E-state index in [0.29, 0.717) is 13.1 Å². The van der Waals surface area contributed by atoms with Gasteiger partial charge in [-0.15, -0.1) is 0 Å². The van der Waals surface area contributed by atoms with Gasteiger partial charge in [0.15, 0.2) is 5.82 Å². The number of halogens is 2. The van der Waals surface area contributed by atoms with Crippen molar-refractivity contribution < 1.29 is 18.7 Å². The predicted molar refractivity (Wildman–Crippen MR) is 93.0 cm³/mol. The monoisotopic (exact) mass is 363 g/mol. The molecule has 1 aliphatic carbocycles. The fraction of sp³-hybridized carbons (Fsp3) is 0.444. The van der Waals surface area contributed by atoms with Crippen LogP contribution >= 0.6 is 0 Å². The number of fused-ring (bicyclic) bond motifs is 1. The van der Waals surface area contributed by atoms with Crippen molar-refractivity contribution in [1.82, 2.24) is 9.88 Å². The highest BCUT2D eigenvalue weighted by atomic mass is 19.1. The van der Waals surface area contributed by atoms with E-state index in [9.17, 15) is 19.1 Å². The minimum absolute atomic E-state index is 0.00852. The van der Waals surface area contributed by atoms with Gasteiger partial charge in [0.2, 0.25) is 5.43 Å². The average molecular weight is 363 g/mol. The molecule has 8 heteroatoms. The van der Waals surface area contributed by atoms with Crippen LogP contribution in [0, 0.1) is 11.6 Å². The number of nitrogens with zero attached hydrogens (tertiary/aromatic N) is 2. The summed E-state index contributed by atoms with van der Waals surface area (Å²) in [6.45, 7) is 3.71. The molecule has 26 heavy (non-hydrogen) atoms. The molecule has 1 aliphatic heterocycles. The third kappa shape index (κ3) is 2.56. The van der Waals surface area contributed by atoms with Crippen LogP contribution in [0.2, 0.25) is 0 Å². The average Bonchev–Trinajstić information content (AvgIpc) is 3.37. The van der Waals surface area contributed by atoms with Crippen LogP contribution in [0.5, 0.6) is 0 Å². The third-order valence-electron chi connectivity index (χ3n) is 5.05. The second-order valence-electron chi connectivity index (χ2n) is 6.89. The minimum atomic E-state index is -1.40. The molecule has 4 rings (SSSR count). The molecule has 0 amide bonds. The molecule has 2 aliphatic rings. The van der Waals surface area contributed by atoms with Gasteiger partial charge in [-0.3, -0.25) is 4.79 Å². The van der Waals surface area contributed by atoms with Crippen LogP contribution in [0.4, 0.5) is 14.5 Å². The largest absolute Gasteiger partial charge is 0.477 e. The van der Waals surface area contributed by atoms with Gasteiger partial charge < -0.3 is 19.9 Å². The molecule has 0 atom stereocenters. The van der Waals surface area contributed by atoms with Gasteiger partial charge in [-0.05, 0) is 25.5 Å². The quantitative estimate of drug-likeness (QED) is 0.851. The van der Waals surface area contributed by atoms with Crippen LogP contribution in [-0.2, 0) is 0 Å². The molecule has 2 fully saturated rings. The molecular weight excluding hydrogens is 344 g/mol. The number of aromatic nitrogens is 1. The summed E-state index contributed by atoms with van der Waals surface area (Å²) in [5.41, 5.74) is -1.48. The first kappa shape index (κ1) is 17.0. The van der Waals surface area contributed by atoms with Crippen LogP contribution in [-0.4, -0.2) is 41.3 Å². The number of benzene rings is 1. The molecule has 0 spiro atoms. The van der Waals surface area contributed by atoms with E-state index in [0.717, 1.165) is 25.5 Å². The van der Waals surface area contributed by atoms with Crippen molar-refractivity contribution >= 4 is 22.6 Å². The molecular formula is C18H19F2N3O3. The smallest absolute Gasteiger partial charge is 0.341 e. The number of anilines is 1. The molecule has 6 nitrogen and oxygen atoms in total. The van der Waals surface area contributed by atoms with Gasteiger partial charge in [0.05, 0.1) is 10.9 Å². The number of carbonyl (C=O) groups is 1. The Balaban J connectivity index is 1.89. The van der Waals surface area contributed by atoms with Crippen LogP contribution in [0.25, 0.3) is 10.9 Å². The maximum absolute atomic E-state index is 15.3. The molecule has 2 heterocycles. The van der Waals surface area contributed by atoms with Crippen molar-refractivity contribution in [2.24, 2.45) is 0 Å². The summed E-state index contributed by atoms with van der Waals surface area (Å²) in [6.07, 6.45) is 2.73. The van der Waals surface area contributed by atoms with Crippen LogP contribution in [0.1, 0.15) is 36.2 Å². The maximum Gasteiger partial charge on any atom is 0.341 e. The first-order valence-corrected chi connectivity index (χ1v) is 8.70. The zero-order valence-electron chi connectivity index (χ0n) is 14.3. The Morgan fingerprint density at radius 3 is 2.62 bits per heavy atom. The van der Waals surface area contributed by atoms with Crippen molar-refractivity contribution in [1.29, 1.82) is 0 Å². The van der Waals surface area contributed by atoms with E-state index in [4.69, 9.17) is 0 Å². The SMILES string of the molecule is CCNC1CN(c2c(F)cc3c(=O)c(C(=O)O)cn(C4CC4)c3c2F)C1. The first-order chi connectivity index (χ1) is 12.4. The summed E-state index contributed by atoms with van der Waals surface area (Å²) >= 11 is 0. The molecule has 1 saturated heterocycles. The number of carboxylic acid groups (broad SMARTS) is 1. The van der Waals surface area contributed by atoms with Crippen molar-refractivity contribution in [2.75, 3.05) is 24.5 Å². The van der Waals surface area contributed by atoms with Crippen LogP contribution in [0.3, 0.4) is 0 Å². The highest BCUT2D eigenvalue weighted by Crippen LogP contribution is 2.40. The normalized spacial score (nSPS) is 17.6. The standard InChI is InChI=1S/C18H19F2N3O3/c1-2-21-9-6-22(7-9)16-13(19)5-11-15(14(16)20)23(10-3-4-10)8-12(17(11)24)18(25)26/h5,8-10,21H,2-4,6-7H2,1H3,(H,25,26). The van der Waals surface area contributed by atoms with Gasteiger partial charge >= 0.3 is 5.97 Å². The molecule has 0 radical (unpaired) electrons. The van der Waals surface area contributed by atoms with E-state index in [-0.39, 0.29) is 28.7 Å². The summed E-state index contributed by atoms with van der Waals surface area (Å²) in [5.74, 6) is -3.03. The highest BCUT2D eigenvalue weighted by Gasteiger charge is 2.34. The van der Waals surface area contributed by atoms with Crippen molar-refractivity contribution in [2.45, 2.75) is 31.8 Å². The van der Waals surface area contributed by atoms with Gasteiger partial charge in [-0.25, -0.2) is 13.6 Å². The second-order valence-corrected chi connectivity index (χ2v) is 6.89. The minimum Gasteiger partial charge on any atom is -0.477 e. The van der Waals surface area contributed by atoms with Gasteiger partial charge in [0.25, 0.3) is 0 Å². The Kier molecular flexibility index (Phi) is 3.95. The van der Waals surface area contributed by atoms with E-state index < -0.39 is 28.6 Å². The zero-order valence-corrected chi connectivity index (χ0v) is 14.3. The molecule has 138 valence electrons. The summed E-state index contributed by atoms with van der Waals surface area (Å²) < 4.78 is 31.4. The van der Waals surface area contributed by atoms with Gasteiger partial charge in [-0.2, -0.15) is 0 Å². The lowest BCUT2D eigenvalue weighted by Gasteiger charge is -2.41. The summed E-state index contributed by atoms with van der Waals surface area (Å²) in [7, 11) is 0. The molecule has 0 unspecified atom stereocenters. The molecule has 1 aromatic carbocycles. The van der Waals surface area contributed by atoms with E-state index in [1.165, 1.54) is 10.8 Å². The fourth-order valence-corrected chi connectivity index (χ4v) is 3.59.